The minimum absolute atomic E-state index is 0. The highest BCUT2D eigenvalue weighted by Gasteiger charge is 2.14. The van der Waals surface area contributed by atoms with Crippen molar-refractivity contribution >= 4 is 15.9 Å². The van der Waals surface area contributed by atoms with E-state index < -0.39 is 0 Å². The molecule has 1 aromatic rings. The Balaban J connectivity index is 0.00000264. The van der Waals surface area contributed by atoms with Crippen LogP contribution in [0.5, 0.6) is 11.5 Å². The maximum atomic E-state index is 5.65. The molecule has 7 heteroatoms. The summed E-state index contributed by atoms with van der Waals surface area (Å²) < 4.78 is 12.0. The van der Waals surface area contributed by atoms with E-state index in [1.54, 1.807) is 13.2 Å². The van der Waals surface area contributed by atoms with Gasteiger partial charge in [0, 0.05) is 6.54 Å². The number of nitrogens with one attached hydrogen (secondary N) is 2. The zero-order valence-corrected chi connectivity index (χ0v) is 17.0. The van der Waals surface area contributed by atoms with Crippen molar-refractivity contribution in [3.05, 3.63) is 34.8 Å². The molecule has 1 aromatic carbocycles. The lowest BCUT2D eigenvalue weighted by Gasteiger charge is -2.23. The molecule has 0 spiro atoms. The van der Waals surface area contributed by atoms with Crippen molar-refractivity contribution < 1.29 is 34.3 Å². The van der Waals surface area contributed by atoms with E-state index in [1.807, 2.05) is 6.07 Å². The predicted molar refractivity (Wildman–Crippen MR) is 93.7 cm³/mol. The third-order valence-corrected chi connectivity index (χ3v) is 4.44. The zero-order valence-electron chi connectivity index (χ0n) is 13.9. The molecule has 0 saturated carbocycles. The van der Waals surface area contributed by atoms with Gasteiger partial charge < -0.3 is 44.9 Å². The van der Waals surface area contributed by atoms with E-state index in [2.05, 4.69) is 39.2 Å². The highest BCUT2D eigenvalue weighted by Crippen LogP contribution is 2.36. The van der Waals surface area contributed by atoms with Crippen molar-refractivity contribution in [1.82, 2.24) is 10.6 Å². The number of hydrogen-bond acceptors (Lipinski definition) is 4. The Bertz CT molecular complexity index is 498. The summed E-state index contributed by atoms with van der Waals surface area (Å²) in [6, 6.07) is 4.11. The Morgan fingerprint density at radius 3 is 2.67 bits per heavy atom. The number of piperidine rings is 1. The summed E-state index contributed by atoms with van der Waals surface area (Å²) in [7, 11) is 1.66. The summed E-state index contributed by atoms with van der Waals surface area (Å²) in [5.41, 5.74) is 1.18. The van der Waals surface area contributed by atoms with Crippen LogP contribution in [-0.4, -0.2) is 33.4 Å². The summed E-state index contributed by atoms with van der Waals surface area (Å²) in [5, 5.41) is 6.95. The van der Waals surface area contributed by atoms with Gasteiger partial charge in [0.25, 0.3) is 0 Å². The molecule has 24 heavy (non-hydrogen) atoms. The lowest BCUT2D eigenvalue weighted by atomic mass is 9.98. The molecule has 1 heterocycles. The average molecular weight is 440 g/mol. The van der Waals surface area contributed by atoms with E-state index >= 15 is 0 Å². The molecule has 0 unspecified atom stereocenters. The van der Waals surface area contributed by atoms with Crippen molar-refractivity contribution in [2.24, 2.45) is 5.92 Å². The SMILES string of the molecule is C=CCOc1c(Br)cc(CNCC2CCNCC2)cc1OC.[Cl-].[Cl-]. The quantitative estimate of drug-likeness (QED) is 0.427. The average Bonchev–Trinajstić information content (AvgIpc) is 2.54. The first-order valence-corrected chi connectivity index (χ1v) is 8.55. The van der Waals surface area contributed by atoms with Gasteiger partial charge >= 0.3 is 0 Å². The molecule has 1 aliphatic rings. The van der Waals surface area contributed by atoms with Crippen LogP contribution < -0.4 is 44.9 Å². The first kappa shape index (κ1) is 23.5. The van der Waals surface area contributed by atoms with Gasteiger partial charge in [-0.3, -0.25) is 0 Å². The molecular weight excluding hydrogens is 415 g/mol. The molecular formula is C17H25BrCl2N2O2-2. The van der Waals surface area contributed by atoms with Gasteiger partial charge in [-0.25, -0.2) is 0 Å². The monoisotopic (exact) mass is 438 g/mol. The number of hydrogen-bond donors (Lipinski definition) is 2. The van der Waals surface area contributed by atoms with Crippen LogP contribution in [0.25, 0.3) is 0 Å². The van der Waals surface area contributed by atoms with E-state index in [0.717, 1.165) is 48.1 Å². The topological polar surface area (TPSA) is 42.5 Å². The minimum Gasteiger partial charge on any atom is -1.00 e. The molecule has 0 atom stereocenters. The fourth-order valence-corrected chi connectivity index (χ4v) is 3.27. The molecule has 138 valence electrons. The molecule has 0 radical (unpaired) electrons. The number of halogens is 3. The maximum absolute atomic E-state index is 5.65. The van der Waals surface area contributed by atoms with E-state index in [0.29, 0.717) is 6.61 Å². The van der Waals surface area contributed by atoms with Gasteiger partial charge in [0.05, 0.1) is 11.6 Å². The van der Waals surface area contributed by atoms with Crippen molar-refractivity contribution in [2.45, 2.75) is 19.4 Å². The van der Waals surface area contributed by atoms with Crippen LogP contribution >= 0.6 is 15.9 Å². The van der Waals surface area contributed by atoms with Gasteiger partial charge in [0.2, 0.25) is 0 Å². The third-order valence-electron chi connectivity index (χ3n) is 3.86. The molecule has 1 fully saturated rings. The van der Waals surface area contributed by atoms with Crippen LogP contribution in [-0.2, 0) is 6.54 Å². The molecule has 0 amide bonds. The summed E-state index contributed by atoms with van der Waals surface area (Å²) in [6.45, 7) is 8.31. The summed E-state index contributed by atoms with van der Waals surface area (Å²) in [5.74, 6) is 2.25. The van der Waals surface area contributed by atoms with E-state index in [-0.39, 0.29) is 24.8 Å². The van der Waals surface area contributed by atoms with Crippen LogP contribution in [0.15, 0.2) is 29.3 Å². The summed E-state index contributed by atoms with van der Waals surface area (Å²) in [4.78, 5) is 0. The standard InChI is InChI=1S/C17H25BrN2O2.2ClH/c1-3-8-22-17-15(18)9-14(10-16(17)21-2)12-20-11-13-4-6-19-7-5-13;;/h3,9-10,13,19-20H,1,4-8,11-12H2,2H3;2*1H/p-2. The normalized spacial score (nSPS) is 14.2. The predicted octanol–water partition coefficient (Wildman–Crippen LogP) is -2.88. The zero-order chi connectivity index (χ0) is 15.8. The largest absolute Gasteiger partial charge is 1.00 e. The molecule has 0 bridgehead atoms. The van der Waals surface area contributed by atoms with Crippen LogP contribution in [0.1, 0.15) is 18.4 Å². The fraction of sp³-hybridized carbons (Fsp3) is 0.529. The van der Waals surface area contributed by atoms with Crippen molar-refractivity contribution in [3.8, 4) is 11.5 Å². The number of ether oxygens (including phenoxy) is 2. The van der Waals surface area contributed by atoms with Gasteiger partial charge in [0.15, 0.2) is 11.5 Å². The lowest BCUT2D eigenvalue weighted by molar-refractivity contribution is -0.00100. The molecule has 1 saturated heterocycles. The fourth-order valence-electron chi connectivity index (χ4n) is 2.66. The van der Waals surface area contributed by atoms with Crippen LogP contribution in [0.2, 0.25) is 0 Å². The van der Waals surface area contributed by atoms with Gasteiger partial charge in [-0.2, -0.15) is 0 Å². The smallest absolute Gasteiger partial charge is 0.175 e. The highest BCUT2D eigenvalue weighted by molar-refractivity contribution is 9.10. The second kappa shape index (κ2) is 12.8. The van der Waals surface area contributed by atoms with Crippen molar-refractivity contribution in [3.63, 3.8) is 0 Å². The Labute approximate surface area is 165 Å². The third kappa shape index (κ3) is 7.19. The molecule has 0 aromatic heterocycles. The first-order valence-electron chi connectivity index (χ1n) is 7.76. The summed E-state index contributed by atoms with van der Waals surface area (Å²) >= 11 is 3.56. The van der Waals surface area contributed by atoms with Crippen LogP contribution in [0, 0.1) is 5.92 Å². The van der Waals surface area contributed by atoms with Crippen molar-refractivity contribution in [1.29, 1.82) is 0 Å². The van der Waals surface area contributed by atoms with E-state index in [9.17, 15) is 0 Å². The molecule has 2 rings (SSSR count). The highest BCUT2D eigenvalue weighted by atomic mass is 79.9. The van der Waals surface area contributed by atoms with Crippen LogP contribution in [0.3, 0.4) is 0 Å². The minimum atomic E-state index is 0. The molecule has 0 aliphatic carbocycles. The maximum Gasteiger partial charge on any atom is 0.175 e. The van der Waals surface area contributed by atoms with Gasteiger partial charge in [0.1, 0.15) is 6.61 Å². The number of benzene rings is 1. The van der Waals surface area contributed by atoms with E-state index in [1.165, 1.54) is 18.4 Å². The Morgan fingerprint density at radius 1 is 1.33 bits per heavy atom. The lowest BCUT2D eigenvalue weighted by Crippen LogP contribution is -3.00. The molecule has 2 N–H and O–H groups in total. The van der Waals surface area contributed by atoms with Gasteiger partial charge in [-0.05, 0) is 72.0 Å². The molecule has 4 nitrogen and oxygen atoms in total. The van der Waals surface area contributed by atoms with Gasteiger partial charge in [-0.15, -0.1) is 0 Å². The second-order valence-corrected chi connectivity index (χ2v) is 6.39. The number of methoxy groups -OCH3 is 1. The Kier molecular flexibility index (Phi) is 12.6. The first-order chi connectivity index (χ1) is 10.7. The Morgan fingerprint density at radius 2 is 2.04 bits per heavy atom. The van der Waals surface area contributed by atoms with E-state index in [4.69, 9.17) is 9.47 Å². The molecule has 1 aliphatic heterocycles. The Hall–Kier alpha value is -0.460. The second-order valence-electron chi connectivity index (χ2n) is 5.53. The van der Waals surface area contributed by atoms with Gasteiger partial charge in [-0.1, -0.05) is 12.7 Å². The summed E-state index contributed by atoms with van der Waals surface area (Å²) in [6.07, 6.45) is 4.24. The van der Waals surface area contributed by atoms with Crippen molar-refractivity contribution in [2.75, 3.05) is 33.4 Å². The number of rotatable bonds is 8. The van der Waals surface area contributed by atoms with Crippen LogP contribution in [0.4, 0.5) is 0 Å².